The lowest BCUT2D eigenvalue weighted by Gasteiger charge is -2.38. The summed E-state index contributed by atoms with van der Waals surface area (Å²) in [6.07, 6.45) is 0.222. The first-order chi connectivity index (χ1) is 12.2. The molecule has 0 aliphatic carbocycles. The first kappa shape index (κ1) is 21.5. The molecule has 1 unspecified atom stereocenters. The second-order valence-corrected chi connectivity index (χ2v) is 7.02. The van der Waals surface area contributed by atoms with Gasteiger partial charge in [-0.15, -0.1) is 24.0 Å². The van der Waals surface area contributed by atoms with E-state index in [9.17, 15) is 0 Å². The summed E-state index contributed by atoms with van der Waals surface area (Å²) in [4.78, 5) is 11.4. The van der Waals surface area contributed by atoms with Crippen LogP contribution in [0.4, 0.5) is 5.69 Å². The van der Waals surface area contributed by atoms with E-state index in [1.165, 1.54) is 0 Å². The van der Waals surface area contributed by atoms with Crippen LogP contribution in [0, 0.1) is 0 Å². The number of piperazine rings is 1. The Morgan fingerprint density at radius 2 is 1.96 bits per heavy atom. The van der Waals surface area contributed by atoms with Gasteiger partial charge in [0.25, 0.3) is 0 Å². The van der Waals surface area contributed by atoms with Crippen molar-refractivity contribution in [1.82, 2.24) is 15.1 Å². The van der Waals surface area contributed by atoms with Gasteiger partial charge >= 0.3 is 0 Å². The number of nitrogens with one attached hydrogen (secondary N) is 1. The van der Waals surface area contributed by atoms with E-state index in [1.54, 1.807) is 0 Å². The van der Waals surface area contributed by atoms with E-state index in [0.717, 1.165) is 69.1 Å². The molecule has 2 aliphatic rings. The predicted octanol–water partition coefficient (Wildman–Crippen LogP) is 1.99. The number of nitrogens with zero attached hydrogens (tertiary/aromatic N) is 4. The number of morpholine rings is 1. The Morgan fingerprint density at radius 3 is 2.62 bits per heavy atom. The number of benzene rings is 1. The minimum Gasteiger partial charge on any atom is -0.374 e. The minimum atomic E-state index is 0. The van der Waals surface area contributed by atoms with Crippen molar-refractivity contribution in [2.45, 2.75) is 6.10 Å². The third-order valence-electron chi connectivity index (χ3n) is 4.81. The summed E-state index contributed by atoms with van der Waals surface area (Å²) in [5.41, 5.74) is 1.12. The lowest BCUT2D eigenvalue weighted by molar-refractivity contribution is -0.0163. The first-order valence-electron chi connectivity index (χ1n) is 8.92. The summed E-state index contributed by atoms with van der Waals surface area (Å²) >= 11 is 6.32. The Balaban J connectivity index is 0.00000243. The Labute approximate surface area is 178 Å². The second kappa shape index (κ2) is 10.5. The number of hydrogen-bond donors (Lipinski definition) is 1. The summed E-state index contributed by atoms with van der Waals surface area (Å²) in [7, 11) is 3.98. The van der Waals surface area contributed by atoms with E-state index in [4.69, 9.17) is 16.3 Å². The molecule has 8 heteroatoms. The van der Waals surface area contributed by atoms with Crippen LogP contribution in [0.1, 0.15) is 0 Å². The quantitative estimate of drug-likeness (QED) is 0.396. The smallest absolute Gasteiger partial charge is 0.193 e. The Bertz CT molecular complexity index is 595. The van der Waals surface area contributed by atoms with Crippen molar-refractivity contribution in [3.63, 3.8) is 0 Å². The average molecular weight is 494 g/mol. The second-order valence-electron chi connectivity index (χ2n) is 6.61. The van der Waals surface area contributed by atoms with Crippen molar-refractivity contribution in [2.24, 2.45) is 4.99 Å². The highest BCUT2D eigenvalue weighted by Gasteiger charge is 2.23. The van der Waals surface area contributed by atoms with Crippen molar-refractivity contribution < 1.29 is 4.74 Å². The number of hydrogen-bond acceptors (Lipinski definition) is 4. The number of aliphatic imine (C=N–C) groups is 1. The molecule has 0 spiro atoms. The van der Waals surface area contributed by atoms with Gasteiger partial charge in [-0.25, -0.2) is 0 Å². The van der Waals surface area contributed by atoms with Crippen LogP contribution >= 0.6 is 35.6 Å². The van der Waals surface area contributed by atoms with Gasteiger partial charge in [-0.05, 0) is 19.2 Å². The normalized spacial score (nSPS) is 22.1. The lowest BCUT2D eigenvalue weighted by atomic mass is 10.2. The SMILES string of the molecule is CN=C(NCC1CN(C)CCO1)N1CCN(c2ccccc2Cl)CC1.I. The van der Waals surface area contributed by atoms with Gasteiger partial charge in [0.2, 0.25) is 0 Å². The van der Waals surface area contributed by atoms with Gasteiger partial charge in [-0.1, -0.05) is 23.7 Å². The summed E-state index contributed by atoms with van der Waals surface area (Å²) in [6.45, 7) is 7.30. The largest absolute Gasteiger partial charge is 0.374 e. The number of likely N-dealkylation sites (N-methyl/N-ethyl adjacent to an activating group) is 1. The van der Waals surface area contributed by atoms with Crippen molar-refractivity contribution in [3.8, 4) is 0 Å². The van der Waals surface area contributed by atoms with Crippen LogP contribution in [0.25, 0.3) is 0 Å². The molecular formula is C18H29ClIN5O. The Morgan fingerprint density at radius 1 is 1.23 bits per heavy atom. The summed E-state index contributed by atoms with van der Waals surface area (Å²) in [5, 5.41) is 4.29. The zero-order valence-electron chi connectivity index (χ0n) is 15.5. The van der Waals surface area contributed by atoms with Crippen LogP contribution < -0.4 is 10.2 Å². The molecule has 1 N–H and O–H groups in total. The minimum absolute atomic E-state index is 0. The standard InChI is InChI=1S/C18H28ClN5O.HI/c1-20-18(21-13-15-14-22(2)11-12-25-15)24-9-7-23(8-10-24)17-6-4-3-5-16(17)19;/h3-6,15H,7-14H2,1-2H3,(H,20,21);1H. The van der Waals surface area contributed by atoms with E-state index < -0.39 is 0 Å². The molecule has 3 rings (SSSR count). The topological polar surface area (TPSA) is 43.3 Å². The summed E-state index contributed by atoms with van der Waals surface area (Å²) < 4.78 is 5.82. The van der Waals surface area contributed by atoms with E-state index in [-0.39, 0.29) is 30.1 Å². The molecule has 1 aromatic carbocycles. The Hall–Kier alpha value is -0.770. The van der Waals surface area contributed by atoms with Crippen molar-refractivity contribution >= 4 is 47.2 Å². The highest BCUT2D eigenvalue weighted by Crippen LogP contribution is 2.25. The number of anilines is 1. The van der Waals surface area contributed by atoms with Crippen LogP contribution in [0.3, 0.4) is 0 Å². The zero-order chi connectivity index (χ0) is 17.6. The van der Waals surface area contributed by atoms with Crippen molar-refractivity contribution in [1.29, 1.82) is 0 Å². The molecule has 0 aromatic heterocycles. The van der Waals surface area contributed by atoms with Crippen LogP contribution in [0.15, 0.2) is 29.3 Å². The average Bonchev–Trinajstić information content (AvgIpc) is 2.63. The molecular weight excluding hydrogens is 465 g/mol. The number of para-hydroxylation sites is 1. The third-order valence-corrected chi connectivity index (χ3v) is 5.13. The molecule has 1 aromatic rings. The highest BCUT2D eigenvalue weighted by atomic mass is 127. The molecule has 146 valence electrons. The van der Waals surface area contributed by atoms with Gasteiger partial charge in [0.15, 0.2) is 5.96 Å². The van der Waals surface area contributed by atoms with Crippen molar-refractivity contribution in [2.75, 3.05) is 71.4 Å². The first-order valence-corrected chi connectivity index (χ1v) is 9.30. The monoisotopic (exact) mass is 493 g/mol. The molecule has 0 amide bonds. The molecule has 2 aliphatic heterocycles. The van der Waals surface area contributed by atoms with Crippen LogP contribution in [-0.2, 0) is 4.74 Å². The molecule has 2 saturated heterocycles. The van der Waals surface area contributed by atoms with Crippen LogP contribution in [0.5, 0.6) is 0 Å². The molecule has 1 atom stereocenters. The van der Waals surface area contributed by atoms with E-state index in [2.05, 4.69) is 38.1 Å². The van der Waals surface area contributed by atoms with Crippen molar-refractivity contribution in [3.05, 3.63) is 29.3 Å². The van der Waals surface area contributed by atoms with Crippen LogP contribution in [0.2, 0.25) is 5.02 Å². The maximum absolute atomic E-state index is 6.32. The van der Waals surface area contributed by atoms with Gasteiger partial charge < -0.3 is 24.8 Å². The Kier molecular flexibility index (Phi) is 8.72. The molecule has 2 heterocycles. The predicted molar refractivity (Wildman–Crippen MR) is 119 cm³/mol. The lowest BCUT2D eigenvalue weighted by Crippen LogP contribution is -2.54. The summed E-state index contributed by atoms with van der Waals surface area (Å²) in [6, 6.07) is 8.04. The van der Waals surface area contributed by atoms with Gasteiger partial charge in [-0.2, -0.15) is 0 Å². The van der Waals surface area contributed by atoms with Gasteiger partial charge in [0.05, 0.1) is 23.4 Å². The third kappa shape index (κ3) is 5.61. The maximum atomic E-state index is 6.32. The van der Waals surface area contributed by atoms with E-state index in [0.29, 0.717) is 0 Å². The zero-order valence-corrected chi connectivity index (χ0v) is 18.6. The molecule has 26 heavy (non-hydrogen) atoms. The summed E-state index contributed by atoms with van der Waals surface area (Å²) in [5.74, 6) is 0.954. The highest BCUT2D eigenvalue weighted by molar-refractivity contribution is 14.0. The van der Waals surface area contributed by atoms with Gasteiger partial charge in [-0.3, -0.25) is 4.99 Å². The van der Waals surface area contributed by atoms with E-state index in [1.807, 2.05) is 25.2 Å². The van der Waals surface area contributed by atoms with Gasteiger partial charge in [0.1, 0.15) is 0 Å². The fraction of sp³-hybridized carbons (Fsp3) is 0.611. The molecule has 0 radical (unpaired) electrons. The number of halogens is 2. The molecule has 0 saturated carbocycles. The number of ether oxygens (including phenoxy) is 1. The molecule has 0 bridgehead atoms. The fourth-order valence-corrected chi connectivity index (χ4v) is 3.65. The van der Waals surface area contributed by atoms with Crippen LogP contribution in [-0.4, -0.2) is 88.4 Å². The maximum Gasteiger partial charge on any atom is 0.193 e. The van der Waals surface area contributed by atoms with E-state index >= 15 is 0 Å². The number of rotatable bonds is 3. The fourth-order valence-electron chi connectivity index (χ4n) is 3.40. The van der Waals surface area contributed by atoms with Gasteiger partial charge in [0, 0.05) is 52.9 Å². The molecule has 2 fully saturated rings. The number of guanidine groups is 1. The molecule has 6 nitrogen and oxygen atoms in total.